The Bertz CT molecular complexity index is 845. The number of halogens is 3. The van der Waals surface area contributed by atoms with E-state index < -0.39 is 22.5 Å². The number of rotatable bonds is 3. The van der Waals surface area contributed by atoms with Gasteiger partial charge in [-0.05, 0) is 42.5 Å². The van der Waals surface area contributed by atoms with E-state index in [9.17, 15) is 22.2 Å². The molecule has 0 radical (unpaired) electrons. The molecule has 0 N–H and O–H groups in total. The molecule has 1 saturated heterocycles. The first kappa shape index (κ1) is 19.4. The summed E-state index contributed by atoms with van der Waals surface area (Å²) in [7, 11) is -1.10. The summed E-state index contributed by atoms with van der Waals surface area (Å²) in [5, 5.41) is 0. The van der Waals surface area contributed by atoms with Crippen LogP contribution >= 0.6 is 0 Å². The minimum absolute atomic E-state index is 0.132. The molecule has 8 heteroatoms. The van der Waals surface area contributed by atoms with E-state index in [2.05, 4.69) is 0 Å². The average Bonchev–Trinajstić information content (AvgIpc) is 2.67. The molecule has 3 rings (SSSR count). The zero-order valence-corrected chi connectivity index (χ0v) is 15.5. The molecule has 1 aliphatic heterocycles. The van der Waals surface area contributed by atoms with Crippen LogP contribution in [0, 0.1) is 0 Å². The molecule has 4 nitrogen and oxygen atoms in total. The van der Waals surface area contributed by atoms with Gasteiger partial charge in [-0.2, -0.15) is 13.2 Å². The summed E-state index contributed by atoms with van der Waals surface area (Å²) in [5.74, 6) is -0.132. The minimum Gasteiger partial charge on any atom is -0.368 e. The third-order valence-electron chi connectivity index (χ3n) is 4.54. The Hall–Kier alpha value is -2.35. The summed E-state index contributed by atoms with van der Waals surface area (Å²) in [6.07, 6.45) is -2.80. The van der Waals surface area contributed by atoms with E-state index in [1.165, 1.54) is 6.07 Å². The van der Waals surface area contributed by atoms with Gasteiger partial charge in [0.05, 0.1) is 5.56 Å². The molecule has 144 valence electrons. The van der Waals surface area contributed by atoms with Crippen molar-refractivity contribution in [2.45, 2.75) is 11.1 Å². The maximum Gasteiger partial charge on any atom is 0.416 e. The molecular weight excluding hydrogens is 377 g/mol. The molecule has 1 fully saturated rings. The Kier molecular flexibility index (Phi) is 5.55. The lowest BCUT2D eigenvalue weighted by Gasteiger charge is -2.36. The molecule has 1 atom stereocenters. The van der Waals surface area contributed by atoms with Crippen molar-refractivity contribution >= 4 is 22.4 Å². The van der Waals surface area contributed by atoms with Crippen LogP contribution < -0.4 is 4.90 Å². The van der Waals surface area contributed by atoms with Gasteiger partial charge in [-0.15, -0.1) is 0 Å². The smallest absolute Gasteiger partial charge is 0.368 e. The summed E-state index contributed by atoms with van der Waals surface area (Å²) in [6.45, 7) is 1.78. The number of carbonyl (C=O) groups is 1. The number of anilines is 1. The second kappa shape index (κ2) is 7.72. The lowest BCUT2D eigenvalue weighted by molar-refractivity contribution is -0.137. The summed E-state index contributed by atoms with van der Waals surface area (Å²) < 4.78 is 50.1. The number of alkyl halides is 3. The van der Waals surface area contributed by atoms with Gasteiger partial charge in [-0.3, -0.25) is 9.00 Å². The van der Waals surface area contributed by atoms with Crippen LogP contribution in [0.15, 0.2) is 53.4 Å². The Morgan fingerprint density at radius 2 is 1.63 bits per heavy atom. The fourth-order valence-electron chi connectivity index (χ4n) is 3.02. The zero-order valence-electron chi connectivity index (χ0n) is 14.7. The molecule has 2 aromatic rings. The normalized spacial score (nSPS) is 16.3. The molecular formula is C19H19F3N2O2S. The highest BCUT2D eigenvalue weighted by atomic mass is 32.2. The lowest BCUT2D eigenvalue weighted by atomic mass is 10.1. The molecule has 0 spiro atoms. The Morgan fingerprint density at radius 3 is 2.19 bits per heavy atom. The van der Waals surface area contributed by atoms with Crippen molar-refractivity contribution < 1.29 is 22.2 Å². The Morgan fingerprint density at radius 1 is 1.00 bits per heavy atom. The summed E-state index contributed by atoms with van der Waals surface area (Å²) >= 11 is 0. The van der Waals surface area contributed by atoms with Crippen LogP contribution in [0.1, 0.15) is 15.9 Å². The van der Waals surface area contributed by atoms with Crippen molar-refractivity contribution in [1.82, 2.24) is 4.90 Å². The van der Waals surface area contributed by atoms with Crippen molar-refractivity contribution in [2.24, 2.45) is 0 Å². The quantitative estimate of drug-likeness (QED) is 0.799. The molecule has 0 bridgehead atoms. The van der Waals surface area contributed by atoms with E-state index in [1.807, 2.05) is 4.90 Å². The van der Waals surface area contributed by atoms with Crippen LogP contribution in [-0.4, -0.2) is 47.5 Å². The second-order valence-corrected chi connectivity index (χ2v) is 7.69. The third-order valence-corrected chi connectivity index (χ3v) is 5.47. The first-order valence-electron chi connectivity index (χ1n) is 8.40. The number of benzene rings is 2. The monoisotopic (exact) mass is 396 g/mol. The van der Waals surface area contributed by atoms with Gasteiger partial charge in [0.15, 0.2) is 0 Å². The standard InChI is InChI=1S/C19H19F3N2O2S/c1-27(26)17-7-5-14(6-8-17)18(25)24-11-9-23(10-12-24)16-4-2-3-15(13-16)19(20,21)22/h2-8,13H,9-12H2,1H3/t27-/m1/s1. The Labute approximate surface area is 158 Å². The largest absolute Gasteiger partial charge is 0.416 e. The number of hydrogen-bond donors (Lipinski definition) is 0. The fourth-order valence-corrected chi connectivity index (χ4v) is 3.54. The first-order valence-corrected chi connectivity index (χ1v) is 9.96. The Balaban J connectivity index is 1.65. The molecule has 0 saturated carbocycles. The van der Waals surface area contributed by atoms with Crippen molar-refractivity contribution in [1.29, 1.82) is 0 Å². The minimum atomic E-state index is -4.37. The molecule has 2 aromatic carbocycles. The highest BCUT2D eigenvalue weighted by Gasteiger charge is 2.31. The molecule has 1 aliphatic rings. The third kappa shape index (κ3) is 4.50. The highest BCUT2D eigenvalue weighted by molar-refractivity contribution is 7.84. The van der Waals surface area contributed by atoms with Crippen molar-refractivity contribution in [3.8, 4) is 0 Å². The van der Waals surface area contributed by atoms with E-state index in [-0.39, 0.29) is 5.91 Å². The van der Waals surface area contributed by atoms with E-state index in [0.717, 1.165) is 12.1 Å². The van der Waals surface area contributed by atoms with Crippen molar-refractivity contribution in [3.05, 3.63) is 59.7 Å². The summed E-state index contributed by atoms with van der Waals surface area (Å²) in [4.78, 5) is 16.8. The SMILES string of the molecule is C[S@@](=O)c1ccc(C(=O)N2CCN(c3cccc(C(F)(F)F)c3)CC2)cc1. The van der Waals surface area contributed by atoms with Crippen LogP contribution in [0.4, 0.5) is 18.9 Å². The lowest BCUT2D eigenvalue weighted by Crippen LogP contribution is -2.48. The van der Waals surface area contributed by atoms with Gasteiger partial charge in [0.25, 0.3) is 5.91 Å². The number of amides is 1. The molecule has 27 heavy (non-hydrogen) atoms. The fraction of sp³-hybridized carbons (Fsp3) is 0.316. The van der Waals surface area contributed by atoms with E-state index in [0.29, 0.717) is 42.3 Å². The van der Waals surface area contributed by atoms with Crippen LogP contribution in [0.25, 0.3) is 0 Å². The highest BCUT2D eigenvalue weighted by Crippen LogP contribution is 2.31. The summed E-state index contributed by atoms with van der Waals surface area (Å²) in [5.41, 5.74) is 0.343. The van der Waals surface area contributed by atoms with Gasteiger partial charge in [0.2, 0.25) is 0 Å². The molecule has 0 aliphatic carbocycles. The van der Waals surface area contributed by atoms with Gasteiger partial charge >= 0.3 is 6.18 Å². The first-order chi connectivity index (χ1) is 12.8. The zero-order chi connectivity index (χ0) is 19.6. The van der Waals surface area contributed by atoms with Gasteiger partial charge in [-0.25, -0.2) is 0 Å². The van der Waals surface area contributed by atoms with Crippen LogP contribution in [0.5, 0.6) is 0 Å². The molecule has 0 unspecified atom stereocenters. The topological polar surface area (TPSA) is 40.6 Å². The predicted octanol–water partition coefficient (Wildman–Crippen LogP) is 3.41. The van der Waals surface area contributed by atoms with Crippen LogP contribution in [-0.2, 0) is 17.0 Å². The number of piperazine rings is 1. The van der Waals surface area contributed by atoms with Gasteiger partial charge in [0, 0.05) is 59.4 Å². The van der Waals surface area contributed by atoms with Crippen molar-refractivity contribution in [2.75, 3.05) is 37.3 Å². The summed E-state index contributed by atoms with van der Waals surface area (Å²) in [6, 6.07) is 11.9. The predicted molar refractivity (Wildman–Crippen MR) is 98.3 cm³/mol. The van der Waals surface area contributed by atoms with E-state index >= 15 is 0 Å². The molecule has 1 heterocycles. The number of nitrogens with zero attached hydrogens (tertiary/aromatic N) is 2. The van der Waals surface area contributed by atoms with Gasteiger partial charge in [0.1, 0.15) is 0 Å². The van der Waals surface area contributed by atoms with E-state index in [4.69, 9.17) is 0 Å². The van der Waals surface area contributed by atoms with Crippen LogP contribution in [0.3, 0.4) is 0 Å². The van der Waals surface area contributed by atoms with Gasteiger partial charge < -0.3 is 9.80 Å². The second-order valence-electron chi connectivity index (χ2n) is 6.31. The van der Waals surface area contributed by atoms with Crippen molar-refractivity contribution in [3.63, 3.8) is 0 Å². The van der Waals surface area contributed by atoms with E-state index in [1.54, 1.807) is 41.5 Å². The maximum atomic E-state index is 12.9. The maximum absolute atomic E-state index is 12.9. The van der Waals surface area contributed by atoms with Crippen LogP contribution in [0.2, 0.25) is 0 Å². The molecule has 0 aromatic heterocycles. The number of carbonyl (C=O) groups excluding carboxylic acids is 1. The van der Waals surface area contributed by atoms with Gasteiger partial charge in [-0.1, -0.05) is 6.07 Å². The number of hydrogen-bond acceptors (Lipinski definition) is 3. The molecule has 1 amide bonds. The average molecular weight is 396 g/mol.